The molecule has 1 spiro atoms. The number of anilines is 2. The molecule has 1 heteroatoms. The highest BCUT2D eigenvalue weighted by atomic mass is 15.2. The molecule has 1 heterocycles. The van der Waals surface area contributed by atoms with Crippen molar-refractivity contribution >= 4 is 11.4 Å². The minimum atomic E-state index is -0.250. The highest BCUT2D eigenvalue weighted by Gasteiger charge is 2.52. The molecule has 1 aliphatic heterocycles. The van der Waals surface area contributed by atoms with E-state index in [-0.39, 0.29) is 5.41 Å². The van der Waals surface area contributed by atoms with E-state index in [1.807, 2.05) is 0 Å². The van der Waals surface area contributed by atoms with Crippen LogP contribution in [0.1, 0.15) is 35.1 Å². The smallest absolute Gasteiger partial charge is 0.0717 e. The number of hydrogen-bond acceptors (Lipinski definition) is 1. The number of nitrogens with zero attached hydrogens (tertiary/aromatic N) is 1. The van der Waals surface area contributed by atoms with Gasteiger partial charge in [-0.25, -0.2) is 0 Å². The number of hydrogen-bond donors (Lipinski definition) is 0. The number of allylic oxidation sites excluding steroid dienone is 3. The van der Waals surface area contributed by atoms with E-state index in [1.54, 1.807) is 0 Å². The topological polar surface area (TPSA) is 3.24 Å². The van der Waals surface area contributed by atoms with Crippen LogP contribution in [0.15, 0.2) is 120 Å². The molecule has 0 bridgehead atoms. The molecule has 1 unspecified atom stereocenters. The molecule has 1 atom stereocenters. The van der Waals surface area contributed by atoms with Crippen molar-refractivity contribution in [2.75, 3.05) is 4.90 Å². The van der Waals surface area contributed by atoms with Crippen molar-refractivity contribution in [3.05, 3.63) is 143 Å². The van der Waals surface area contributed by atoms with Gasteiger partial charge in [0.05, 0.1) is 11.1 Å². The first-order chi connectivity index (χ1) is 16.3. The Morgan fingerprint density at radius 3 is 2.30 bits per heavy atom. The minimum Gasteiger partial charge on any atom is -0.310 e. The fraction of sp³-hybridized carbons (Fsp3) is 0.125. The Hall–Kier alpha value is -3.84. The molecule has 4 aromatic rings. The molecule has 3 aliphatic rings. The molecular formula is C32H25N. The summed E-state index contributed by atoms with van der Waals surface area (Å²) in [6.45, 7) is 2.22. The Morgan fingerprint density at radius 1 is 0.697 bits per heavy atom. The standard InChI is InChI=1S/C32H25N/c1-22-19-20-25-24-13-5-6-14-26(24)32(29(25)21-22)27-15-7-9-17-30(27)33(23-11-3-2-4-12-23)31-18-10-8-16-28(31)32/h2-7,9-15,17-21H,8,16H2,1H3. The summed E-state index contributed by atoms with van der Waals surface area (Å²) in [5, 5.41) is 0. The Bertz CT molecular complexity index is 1470. The van der Waals surface area contributed by atoms with Crippen LogP contribution in [0.5, 0.6) is 0 Å². The zero-order valence-electron chi connectivity index (χ0n) is 18.8. The Labute approximate surface area is 195 Å². The van der Waals surface area contributed by atoms with Crippen LogP contribution in [0, 0.1) is 6.92 Å². The molecule has 0 fully saturated rings. The first kappa shape index (κ1) is 18.7. The van der Waals surface area contributed by atoms with Gasteiger partial charge >= 0.3 is 0 Å². The van der Waals surface area contributed by atoms with Crippen molar-refractivity contribution in [1.82, 2.24) is 0 Å². The fourth-order valence-electron chi connectivity index (χ4n) is 6.38. The second-order valence-corrected chi connectivity index (χ2v) is 9.34. The minimum absolute atomic E-state index is 0.250. The third-order valence-electron chi connectivity index (χ3n) is 7.60. The van der Waals surface area contributed by atoms with Crippen LogP contribution in [-0.4, -0.2) is 0 Å². The monoisotopic (exact) mass is 423 g/mol. The lowest BCUT2D eigenvalue weighted by Gasteiger charge is -2.47. The fourth-order valence-corrected chi connectivity index (χ4v) is 6.38. The number of rotatable bonds is 1. The van der Waals surface area contributed by atoms with Crippen molar-refractivity contribution < 1.29 is 0 Å². The summed E-state index contributed by atoms with van der Waals surface area (Å²) in [6.07, 6.45) is 6.84. The molecule has 33 heavy (non-hydrogen) atoms. The number of aryl methyl sites for hydroxylation is 1. The van der Waals surface area contributed by atoms with Crippen LogP contribution in [0.3, 0.4) is 0 Å². The molecule has 1 nitrogen and oxygen atoms in total. The Balaban J connectivity index is 1.67. The van der Waals surface area contributed by atoms with E-state index in [1.165, 1.54) is 56.0 Å². The summed E-state index contributed by atoms with van der Waals surface area (Å²) in [5.74, 6) is 0. The predicted octanol–water partition coefficient (Wildman–Crippen LogP) is 8.07. The molecule has 0 radical (unpaired) electrons. The zero-order chi connectivity index (χ0) is 22.0. The highest BCUT2D eigenvalue weighted by Crippen LogP contribution is 2.63. The van der Waals surface area contributed by atoms with Crippen LogP contribution >= 0.6 is 0 Å². The zero-order valence-corrected chi connectivity index (χ0v) is 18.8. The summed E-state index contributed by atoms with van der Waals surface area (Å²) < 4.78 is 0. The molecule has 0 amide bonds. The summed E-state index contributed by atoms with van der Waals surface area (Å²) in [5.41, 5.74) is 13.4. The SMILES string of the molecule is Cc1ccc2c(c1)C1(C3=C(C=CCC3)N(c3ccccc3)c3ccccc31)c1ccccc1-2. The summed E-state index contributed by atoms with van der Waals surface area (Å²) >= 11 is 0. The lowest BCUT2D eigenvalue weighted by molar-refractivity contribution is 0.664. The molecule has 158 valence electrons. The van der Waals surface area contributed by atoms with Crippen molar-refractivity contribution in [1.29, 1.82) is 0 Å². The van der Waals surface area contributed by atoms with Crippen LogP contribution < -0.4 is 4.90 Å². The van der Waals surface area contributed by atoms with Crippen molar-refractivity contribution in [2.45, 2.75) is 25.2 Å². The van der Waals surface area contributed by atoms with E-state index in [2.05, 4.69) is 121 Å². The summed E-state index contributed by atoms with van der Waals surface area (Å²) in [6, 6.07) is 36.0. The van der Waals surface area contributed by atoms with Gasteiger partial charge in [-0.05, 0) is 77.4 Å². The van der Waals surface area contributed by atoms with Gasteiger partial charge in [0.2, 0.25) is 0 Å². The molecule has 7 rings (SSSR count). The maximum Gasteiger partial charge on any atom is 0.0717 e. The molecular weight excluding hydrogens is 398 g/mol. The van der Waals surface area contributed by atoms with Gasteiger partial charge in [-0.2, -0.15) is 0 Å². The van der Waals surface area contributed by atoms with Gasteiger partial charge < -0.3 is 4.90 Å². The maximum atomic E-state index is 2.47. The average molecular weight is 424 g/mol. The average Bonchev–Trinajstić information content (AvgIpc) is 3.15. The summed E-state index contributed by atoms with van der Waals surface area (Å²) in [7, 11) is 0. The first-order valence-corrected chi connectivity index (χ1v) is 11.9. The van der Waals surface area contributed by atoms with E-state index < -0.39 is 0 Å². The van der Waals surface area contributed by atoms with Gasteiger partial charge in [-0.15, -0.1) is 0 Å². The largest absolute Gasteiger partial charge is 0.310 e. The predicted molar refractivity (Wildman–Crippen MR) is 137 cm³/mol. The molecule has 4 aromatic carbocycles. The molecule has 0 saturated carbocycles. The second-order valence-electron chi connectivity index (χ2n) is 9.34. The highest BCUT2D eigenvalue weighted by molar-refractivity contribution is 5.92. The first-order valence-electron chi connectivity index (χ1n) is 11.9. The number of fused-ring (bicyclic) bond motifs is 8. The lowest BCUT2D eigenvalue weighted by atomic mass is 9.62. The molecule has 0 N–H and O–H groups in total. The Morgan fingerprint density at radius 2 is 1.42 bits per heavy atom. The van der Waals surface area contributed by atoms with Crippen molar-refractivity contribution in [3.8, 4) is 11.1 Å². The van der Waals surface area contributed by atoms with Crippen molar-refractivity contribution in [3.63, 3.8) is 0 Å². The van der Waals surface area contributed by atoms with E-state index in [4.69, 9.17) is 0 Å². The quantitative estimate of drug-likeness (QED) is 0.299. The van der Waals surface area contributed by atoms with E-state index in [0.717, 1.165) is 12.8 Å². The van der Waals surface area contributed by atoms with Gasteiger partial charge in [0, 0.05) is 11.4 Å². The molecule has 0 saturated heterocycles. The van der Waals surface area contributed by atoms with E-state index >= 15 is 0 Å². The Kier molecular flexibility index (Phi) is 3.87. The van der Waals surface area contributed by atoms with Crippen LogP contribution in [0.4, 0.5) is 11.4 Å². The number of para-hydroxylation sites is 2. The summed E-state index contributed by atoms with van der Waals surface area (Å²) in [4.78, 5) is 2.47. The lowest BCUT2D eigenvalue weighted by Crippen LogP contribution is -2.39. The second kappa shape index (κ2) is 6.83. The molecule has 0 aromatic heterocycles. The van der Waals surface area contributed by atoms with Gasteiger partial charge in [0.25, 0.3) is 0 Å². The molecule has 2 aliphatic carbocycles. The van der Waals surface area contributed by atoms with Crippen LogP contribution in [-0.2, 0) is 5.41 Å². The van der Waals surface area contributed by atoms with Gasteiger partial charge in [-0.1, -0.05) is 90.5 Å². The third kappa shape index (κ3) is 2.37. The van der Waals surface area contributed by atoms with Gasteiger partial charge in [-0.3, -0.25) is 0 Å². The third-order valence-corrected chi connectivity index (χ3v) is 7.60. The van der Waals surface area contributed by atoms with Gasteiger partial charge in [0.15, 0.2) is 0 Å². The maximum absolute atomic E-state index is 2.47. The van der Waals surface area contributed by atoms with Gasteiger partial charge in [0.1, 0.15) is 0 Å². The van der Waals surface area contributed by atoms with Crippen LogP contribution in [0.25, 0.3) is 11.1 Å². The van der Waals surface area contributed by atoms with Crippen LogP contribution in [0.2, 0.25) is 0 Å². The number of benzene rings is 4. The van der Waals surface area contributed by atoms with E-state index in [0.29, 0.717) is 0 Å². The van der Waals surface area contributed by atoms with E-state index in [9.17, 15) is 0 Å². The normalized spacial score (nSPS) is 19.8. The van der Waals surface area contributed by atoms with Crippen molar-refractivity contribution in [2.24, 2.45) is 0 Å².